The second-order valence-electron chi connectivity index (χ2n) is 5.48. The van der Waals surface area contributed by atoms with Crippen LogP contribution in [0.25, 0.3) is 0 Å². The van der Waals surface area contributed by atoms with E-state index >= 15 is 0 Å². The van der Waals surface area contributed by atoms with E-state index in [9.17, 15) is 14.0 Å². The van der Waals surface area contributed by atoms with Gasteiger partial charge in [0.2, 0.25) is 6.41 Å². The molecule has 0 unspecified atom stereocenters. The number of nitrogens with zero attached hydrogens (tertiary/aromatic N) is 1. The number of nitriles is 1. The lowest BCUT2D eigenvalue weighted by Crippen LogP contribution is -2.24. The van der Waals surface area contributed by atoms with Crippen LogP contribution in [0.1, 0.15) is 34.8 Å². The van der Waals surface area contributed by atoms with Gasteiger partial charge in [0, 0.05) is 24.8 Å². The molecule has 1 amide bonds. The minimum atomic E-state index is -0.717. The molecule has 156 valence electrons. The van der Waals surface area contributed by atoms with Crippen LogP contribution in [0.5, 0.6) is 5.75 Å². The van der Waals surface area contributed by atoms with Gasteiger partial charge in [-0.25, -0.2) is 9.82 Å². The van der Waals surface area contributed by atoms with E-state index in [1.54, 1.807) is 13.1 Å². The fourth-order valence-electron chi connectivity index (χ4n) is 1.88. The van der Waals surface area contributed by atoms with E-state index < -0.39 is 11.6 Å². The van der Waals surface area contributed by atoms with Gasteiger partial charge in [-0.3, -0.25) is 15.0 Å². The minimum Gasteiger partial charge on any atom is -0.505 e. The lowest BCUT2D eigenvalue weighted by Gasteiger charge is -2.10. The summed E-state index contributed by atoms with van der Waals surface area (Å²) in [6.07, 6.45) is 2.18. The van der Waals surface area contributed by atoms with Crippen molar-refractivity contribution in [3.63, 3.8) is 0 Å². The normalized spacial score (nSPS) is 8.97. The number of hydrogen-bond donors (Lipinski definition) is 4. The predicted octanol–water partition coefficient (Wildman–Crippen LogP) is 3.55. The largest absolute Gasteiger partial charge is 0.505 e. The Labute approximate surface area is 174 Å². The van der Waals surface area contributed by atoms with Crippen molar-refractivity contribution < 1.29 is 19.1 Å². The highest BCUT2D eigenvalue weighted by molar-refractivity contribution is 6.32. The van der Waals surface area contributed by atoms with Gasteiger partial charge in [-0.2, -0.15) is 5.26 Å². The molecule has 9 heteroatoms. The van der Waals surface area contributed by atoms with Crippen molar-refractivity contribution in [3.05, 3.63) is 57.9 Å². The number of anilines is 1. The van der Waals surface area contributed by atoms with Crippen LogP contribution >= 0.6 is 11.6 Å². The molecule has 2 rings (SSSR count). The smallest absolute Gasteiger partial charge is 0.221 e. The third kappa shape index (κ3) is 9.55. The van der Waals surface area contributed by atoms with Crippen LogP contribution in [-0.2, 0) is 4.79 Å². The van der Waals surface area contributed by atoms with Gasteiger partial charge in [0.25, 0.3) is 0 Å². The highest BCUT2D eigenvalue weighted by atomic mass is 35.5. The maximum atomic E-state index is 12.3. The van der Waals surface area contributed by atoms with Crippen LogP contribution in [-0.4, -0.2) is 31.4 Å². The molecule has 0 radical (unpaired) electrons. The third-order valence-electron chi connectivity index (χ3n) is 3.38. The van der Waals surface area contributed by atoms with E-state index in [2.05, 4.69) is 29.2 Å². The van der Waals surface area contributed by atoms with Gasteiger partial charge in [0.1, 0.15) is 12.4 Å². The SMILES string of the molecule is CCCNc1ccc(C#N)c(Cl)c1C.CNNC=O.O=Cc1ccc(F)c(O)c1. The molecule has 4 N–H and O–H groups in total. The van der Waals surface area contributed by atoms with Gasteiger partial charge >= 0.3 is 0 Å². The molecule has 0 spiro atoms. The average molecular weight is 423 g/mol. The van der Waals surface area contributed by atoms with Gasteiger partial charge < -0.3 is 10.4 Å². The van der Waals surface area contributed by atoms with Crippen LogP contribution in [0.2, 0.25) is 5.02 Å². The minimum absolute atomic E-state index is 0.263. The Morgan fingerprint density at radius 1 is 1.28 bits per heavy atom. The van der Waals surface area contributed by atoms with E-state index in [0.29, 0.717) is 23.3 Å². The number of hydrogen-bond acceptors (Lipinski definition) is 6. The molecule has 0 aliphatic carbocycles. The number of amides is 1. The standard InChI is InChI=1S/C11H13ClN2.C7H5FO2.C2H6N2O/c1-3-6-14-10-5-4-9(7-13)11(12)8(10)2;8-6-2-1-5(4-9)3-7(6)10;1-3-4-2-5/h4-5,14H,3,6H2,1-2H3;1-4,10H;2-3H,1H3,(H,4,5). The van der Waals surface area contributed by atoms with Gasteiger partial charge in [0.15, 0.2) is 11.6 Å². The number of aldehydes is 1. The maximum absolute atomic E-state index is 12.3. The van der Waals surface area contributed by atoms with Crippen molar-refractivity contribution >= 4 is 30.0 Å². The Balaban J connectivity index is 0.000000455. The highest BCUT2D eigenvalue weighted by Crippen LogP contribution is 2.26. The van der Waals surface area contributed by atoms with Crippen molar-refractivity contribution in [2.24, 2.45) is 0 Å². The van der Waals surface area contributed by atoms with Gasteiger partial charge in [-0.1, -0.05) is 18.5 Å². The van der Waals surface area contributed by atoms with Crippen molar-refractivity contribution in [3.8, 4) is 11.8 Å². The molecule has 7 nitrogen and oxygen atoms in total. The number of hydrazine groups is 1. The summed E-state index contributed by atoms with van der Waals surface area (Å²) in [4.78, 5) is 19.3. The number of phenolic OH excluding ortho intramolecular Hbond substituents is 1. The topological polar surface area (TPSA) is 114 Å². The average Bonchev–Trinajstić information content (AvgIpc) is 2.73. The van der Waals surface area contributed by atoms with E-state index in [1.165, 1.54) is 6.07 Å². The number of nitrogens with one attached hydrogen (secondary N) is 3. The lowest BCUT2D eigenvalue weighted by molar-refractivity contribution is -0.110. The Morgan fingerprint density at radius 3 is 2.41 bits per heavy atom. The number of carbonyl (C=O) groups is 2. The van der Waals surface area contributed by atoms with Crippen molar-refractivity contribution in [1.29, 1.82) is 5.26 Å². The predicted molar refractivity (Wildman–Crippen MR) is 111 cm³/mol. The van der Waals surface area contributed by atoms with E-state index in [0.717, 1.165) is 36.3 Å². The zero-order valence-corrected chi connectivity index (χ0v) is 17.2. The monoisotopic (exact) mass is 422 g/mol. The zero-order valence-electron chi connectivity index (χ0n) is 16.4. The molecule has 0 aliphatic rings. The number of aromatic hydroxyl groups is 1. The second kappa shape index (κ2) is 14.9. The molecule has 0 aliphatic heterocycles. The summed E-state index contributed by atoms with van der Waals surface area (Å²) in [6.45, 7) is 4.94. The summed E-state index contributed by atoms with van der Waals surface area (Å²) in [6, 6.07) is 9.11. The first-order chi connectivity index (χ1) is 13.9. The summed E-state index contributed by atoms with van der Waals surface area (Å²) < 4.78 is 12.3. The molecule has 2 aromatic carbocycles. The Bertz CT molecular complexity index is 841. The van der Waals surface area contributed by atoms with E-state index in [1.807, 2.05) is 13.0 Å². The summed E-state index contributed by atoms with van der Waals surface area (Å²) in [5.74, 6) is -1.21. The number of halogens is 2. The van der Waals surface area contributed by atoms with Crippen LogP contribution in [0.3, 0.4) is 0 Å². The Morgan fingerprint density at radius 2 is 1.97 bits per heavy atom. The van der Waals surface area contributed by atoms with Crippen molar-refractivity contribution in [1.82, 2.24) is 10.9 Å². The molecule has 0 aromatic heterocycles. The molecular formula is C20H24ClFN4O3. The molecule has 0 heterocycles. The number of benzene rings is 2. The maximum Gasteiger partial charge on any atom is 0.221 e. The third-order valence-corrected chi connectivity index (χ3v) is 3.87. The van der Waals surface area contributed by atoms with E-state index in [4.69, 9.17) is 22.0 Å². The molecular weight excluding hydrogens is 399 g/mol. The molecule has 0 saturated heterocycles. The first kappa shape index (κ1) is 25.9. The Kier molecular flexibility index (Phi) is 13.2. The molecule has 0 fully saturated rings. The van der Waals surface area contributed by atoms with Gasteiger partial charge in [-0.15, -0.1) is 0 Å². The van der Waals surface area contributed by atoms with Crippen molar-refractivity contribution in [2.45, 2.75) is 20.3 Å². The number of rotatable bonds is 6. The summed E-state index contributed by atoms with van der Waals surface area (Å²) in [7, 11) is 1.62. The fraction of sp³-hybridized carbons (Fsp3) is 0.250. The van der Waals surface area contributed by atoms with E-state index in [-0.39, 0.29) is 5.56 Å². The zero-order chi connectivity index (χ0) is 22.2. The summed E-state index contributed by atoms with van der Waals surface area (Å²) in [5, 5.41) is 21.3. The van der Waals surface area contributed by atoms with Gasteiger partial charge in [-0.05, 0) is 49.2 Å². The first-order valence-electron chi connectivity index (χ1n) is 8.58. The molecule has 0 saturated carbocycles. The second-order valence-corrected chi connectivity index (χ2v) is 5.86. The number of carbonyl (C=O) groups excluding carboxylic acids is 2. The van der Waals surface area contributed by atoms with Crippen LogP contribution in [0.15, 0.2) is 30.3 Å². The molecule has 0 bridgehead atoms. The fourth-order valence-corrected chi connectivity index (χ4v) is 2.09. The number of phenols is 1. The summed E-state index contributed by atoms with van der Waals surface area (Å²) in [5.41, 5.74) is 7.33. The summed E-state index contributed by atoms with van der Waals surface area (Å²) >= 11 is 6.01. The van der Waals surface area contributed by atoms with Crippen LogP contribution < -0.4 is 16.2 Å². The molecule has 2 aromatic rings. The molecule has 0 atom stereocenters. The van der Waals surface area contributed by atoms with Gasteiger partial charge in [0.05, 0.1) is 10.6 Å². The highest BCUT2D eigenvalue weighted by Gasteiger charge is 2.06. The van der Waals surface area contributed by atoms with Crippen LogP contribution in [0, 0.1) is 24.1 Å². The molecule has 29 heavy (non-hydrogen) atoms. The lowest BCUT2D eigenvalue weighted by atomic mass is 10.1. The van der Waals surface area contributed by atoms with Crippen molar-refractivity contribution in [2.75, 3.05) is 18.9 Å². The van der Waals surface area contributed by atoms with Crippen LogP contribution in [0.4, 0.5) is 10.1 Å². The Hall–Kier alpha value is -3.15. The quantitative estimate of drug-likeness (QED) is 0.418. The first-order valence-corrected chi connectivity index (χ1v) is 8.96.